The first-order chi connectivity index (χ1) is 11.1. The molecule has 0 saturated carbocycles. The lowest BCUT2D eigenvalue weighted by Gasteiger charge is -2.37. The number of rotatable bonds is 4. The SMILES string of the molecule is CN1CCC(N(Cc2ccco2)C(=O)c2ccncc2F)CC1. The molecular formula is C17H20FN3O2. The number of hydrogen-bond donors (Lipinski definition) is 0. The molecule has 1 saturated heterocycles. The van der Waals surface area contributed by atoms with Crippen LogP contribution >= 0.6 is 0 Å². The van der Waals surface area contributed by atoms with Gasteiger partial charge >= 0.3 is 0 Å². The van der Waals surface area contributed by atoms with Gasteiger partial charge in [0.25, 0.3) is 5.91 Å². The molecule has 0 aliphatic carbocycles. The minimum atomic E-state index is -0.588. The van der Waals surface area contributed by atoms with E-state index < -0.39 is 5.82 Å². The number of carbonyl (C=O) groups is 1. The summed E-state index contributed by atoms with van der Waals surface area (Å²) >= 11 is 0. The number of piperidine rings is 1. The molecule has 122 valence electrons. The van der Waals surface area contributed by atoms with Gasteiger partial charge in [-0.3, -0.25) is 9.78 Å². The monoisotopic (exact) mass is 317 g/mol. The minimum Gasteiger partial charge on any atom is -0.467 e. The number of amides is 1. The van der Waals surface area contributed by atoms with Crippen LogP contribution in [0.4, 0.5) is 4.39 Å². The average Bonchev–Trinajstić information content (AvgIpc) is 3.07. The highest BCUT2D eigenvalue weighted by Crippen LogP contribution is 2.22. The third-order valence-electron chi connectivity index (χ3n) is 4.30. The molecule has 0 N–H and O–H groups in total. The van der Waals surface area contributed by atoms with Crippen molar-refractivity contribution in [1.82, 2.24) is 14.8 Å². The number of pyridine rings is 1. The van der Waals surface area contributed by atoms with Crippen LogP contribution in [0.2, 0.25) is 0 Å². The second-order valence-electron chi connectivity index (χ2n) is 5.90. The van der Waals surface area contributed by atoms with Crippen molar-refractivity contribution in [3.63, 3.8) is 0 Å². The van der Waals surface area contributed by atoms with E-state index in [9.17, 15) is 9.18 Å². The van der Waals surface area contributed by atoms with Crippen molar-refractivity contribution in [1.29, 1.82) is 0 Å². The normalized spacial score (nSPS) is 16.4. The summed E-state index contributed by atoms with van der Waals surface area (Å²) in [4.78, 5) is 20.6. The fraction of sp³-hybridized carbons (Fsp3) is 0.412. The van der Waals surface area contributed by atoms with E-state index in [-0.39, 0.29) is 17.5 Å². The van der Waals surface area contributed by atoms with Crippen LogP contribution in [0, 0.1) is 5.82 Å². The zero-order valence-electron chi connectivity index (χ0n) is 13.1. The van der Waals surface area contributed by atoms with E-state index in [2.05, 4.69) is 16.9 Å². The highest BCUT2D eigenvalue weighted by molar-refractivity contribution is 5.94. The zero-order chi connectivity index (χ0) is 16.2. The Morgan fingerprint density at radius 1 is 1.43 bits per heavy atom. The van der Waals surface area contributed by atoms with Crippen molar-refractivity contribution < 1.29 is 13.6 Å². The van der Waals surface area contributed by atoms with Crippen LogP contribution < -0.4 is 0 Å². The van der Waals surface area contributed by atoms with E-state index in [4.69, 9.17) is 4.42 Å². The maximum atomic E-state index is 14.0. The van der Waals surface area contributed by atoms with Gasteiger partial charge in [0.2, 0.25) is 0 Å². The third-order valence-corrected chi connectivity index (χ3v) is 4.30. The third kappa shape index (κ3) is 3.59. The number of nitrogens with zero attached hydrogens (tertiary/aromatic N) is 3. The minimum absolute atomic E-state index is 0.0606. The van der Waals surface area contributed by atoms with E-state index in [0.717, 1.165) is 32.1 Å². The van der Waals surface area contributed by atoms with Crippen LogP contribution in [-0.2, 0) is 6.54 Å². The van der Waals surface area contributed by atoms with Crippen LogP contribution in [0.3, 0.4) is 0 Å². The van der Waals surface area contributed by atoms with Gasteiger partial charge in [0.15, 0.2) is 5.82 Å². The van der Waals surface area contributed by atoms with Crippen molar-refractivity contribution in [3.05, 3.63) is 54.0 Å². The number of aromatic nitrogens is 1. The Hall–Kier alpha value is -2.21. The number of carbonyl (C=O) groups excluding carboxylic acids is 1. The Labute approximate surface area is 134 Å². The first-order valence-corrected chi connectivity index (χ1v) is 7.76. The van der Waals surface area contributed by atoms with Crippen LogP contribution in [0.5, 0.6) is 0 Å². The summed E-state index contributed by atoms with van der Waals surface area (Å²) in [5.41, 5.74) is 0.0606. The molecule has 0 atom stereocenters. The maximum Gasteiger partial charge on any atom is 0.257 e. The maximum absolute atomic E-state index is 14.0. The lowest BCUT2D eigenvalue weighted by molar-refractivity contribution is 0.0546. The van der Waals surface area contributed by atoms with Crippen LogP contribution in [0.1, 0.15) is 29.0 Å². The van der Waals surface area contributed by atoms with E-state index in [0.29, 0.717) is 12.3 Å². The first-order valence-electron chi connectivity index (χ1n) is 7.76. The number of likely N-dealkylation sites (tertiary alicyclic amines) is 1. The van der Waals surface area contributed by atoms with Crippen LogP contribution in [-0.4, -0.2) is 46.9 Å². The molecule has 2 aromatic rings. The predicted octanol–water partition coefficient (Wildman–Crippen LogP) is 2.55. The Kier molecular flexibility index (Phi) is 4.71. The van der Waals surface area contributed by atoms with Crippen molar-refractivity contribution in [2.24, 2.45) is 0 Å². The number of furan rings is 1. The summed E-state index contributed by atoms with van der Waals surface area (Å²) in [7, 11) is 2.07. The largest absolute Gasteiger partial charge is 0.467 e. The standard InChI is InChI=1S/C17H20FN3O2/c1-20-8-5-13(6-9-20)21(12-14-3-2-10-23-14)17(22)15-4-7-19-11-16(15)18/h2-4,7,10-11,13H,5-6,8-9,12H2,1H3. The van der Waals surface area contributed by atoms with E-state index in [1.165, 1.54) is 12.3 Å². The van der Waals surface area contributed by atoms with E-state index in [1.807, 2.05) is 6.07 Å². The Bertz CT molecular complexity index is 652. The molecule has 23 heavy (non-hydrogen) atoms. The Morgan fingerprint density at radius 2 is 2.22 bits per heavy atom. The molecule has 1 amide bonds. The van der Waals surface area contributed by atoms with Gasteiger partial charge in [-0.2, -0.15) is 0 Å². The summed E-state index contributed by atoms with van der Waals surface area (Å²) in [6.07, 6.45) is 5.84. The highest BCUT2D eigenvalue weighted by Gasteiger charge is 2.29. The molecule has 0 spiro atoms. The molecule has 0 bridgehead atoms. The highest BCUT2D eigenvalue weighted by atomic mass is 19.1. The summed E-state index contributed by atoms with van der Waals surface area (Å²) in [6, 6.07) is 5.14. The van der Waals surface area contributed by atoms with Crippen molar-refractivity contribution in [2.45, 2.75) is 25.4 Å². The topological polar surface area (TPSA) is 49.6 Å². The molecular weight excluding hydrogens is 297 g/mol. The Morgan fingerprint density at radius 3 is 2.87 bits per heavy atom. The summed E-state index contributed by atoms with van der Waals surface area (Å²) in [6.45, 7) is 2.19. The fourth-order valence-corrected chi connectivity index (χ4v) is 2.95. The summed E-state index contributed by atoms with van der Waals surface area (Å²) < 4.78 is 19.3. The smallest absolute Gasteiger partial charge is 0.257 e. The molecule has 1 fully saturated rings. The fourth-order valence-electron chi connectivity index (χ4n) is 2.95. The second-order valence-corrected chi connectivity index (χ2v) is 5.90. The molecule has 0 aromatic carbocycles. The molecule has 2 aromatic heterocycles. The van der Waals surface area contributed by atoms with Gasteiger partial charge in [-0.15, -0.1) is 0 Å². The van der Waals surface area contributed by atoms with Gasteiger partial charge < -0.3 is 14.2 Å². The van der Waals surface area contributed by atoms with E-state index >= 15 is 0 Å². The molecule has 0 unspecified atom stereocenters. The predicted molar refractivity (Wildman–Crippen MR) is 83.3 cm³/mol. The Balaban J connectivity index is 1.85. The lowest BCUT2D eigenvalue weighted by atomic mass is 10.0. The molecule has 3 rings (SSSR count). The van der Waals surface area contributed by atoms with Crippen molar-refractivity contribution in [2.75, 3.05) is 20.1 Å². The molecule has 6 heteroatoms. The lowest BCUT2D eigenvalue weighted by Crippen LogP contribution is -2.46. The molecule has 0 radical (unpaired) electrons. The summed E-state index contributed by atoms with van der Waals surface area (Å²) in [5, 5.41) is 0. The van der Waals surface area contributed by atoms with Crippen molar-refractivity contribution >= 4 is 5.91 Å². The van der Waals surface area contributed by atoms with E-state index in [1.54, 1.807) is 17.2 Å². The summed E-state index contributed by atoms with van der Waals surface area (Å²) in [5.74, 6) is -0.197. The van der Waals surface area contributed by atoms with Gasteiger partial charge in [0.05, 0.1) is 24.6 Å². The van der Waals surface area contributed by atoms with Gasteiger partial charge in [-0.1, -0.05) is 0 Å². The van der Waals surface area contributed by atoms with Crippen LogP contribution in [0.15, 0.2) is 41.3 Å². The molecule has 1 aliphatic heterocycles. The second kappa shape index (κ2) is 6.91. The quantitative estimate of drug-likeness (QED) is 0.869. The first kappa shape index (κ1) is 15.7. The molecule has 5 nitrogen and oxygen atoms in total. The number of halogens is 1. The zero-order valence-corrected chi connectivity index (χ0v) is 13.1. The van der Waals surface area contributed by atoms with Gasteiger partial charge in [0.1, 0.15) is 5.76 Å². The van der Waals surface area contributed by atoms with Gasteiger partial charge in [0, 0.05) is 12.2 Å². The van der Waals surface area contributed by atoms with Crippen LogP contribution in [0.25, 0.3) is 0 Å². The molecule has 1 aliphatic rings. The average molecular weight is 317 g/mol. The van der Waals surface area contributed by atoms with Gasteiger partial charge in [-0.25, -0.2) is 4.39 Å². The molecule has 3 heterocycles. The van der Waals surface area contributed by atoms with Crippen molar-refractivity contribution in [3.8, 4) is 0 Å². The number of hydrogen-bond acceptors (Lipinski definition) is 4. The van der Waals surface area contributed by atoms with Gasteiger partial charge in [-0.05, 0) is 51.2 Å².